The average Bonchev–Trinajstić information content (AvgIpc) is 2.34. The molecule has 0 unspecified atom stereocenters. The molecule has 1 nitrogen and oxygen atoms in total. The van der Waals surface area contributed by atoms with E-state index in [0.29, 0.717) is 11.7 Å². The minimum absolute atomic E-state index is 0.248. The van der Waals surface area contributed by atoms with Gasteiger partial charge in [0.05, 0.1) is 5.75 Å². The molecule has 0 aliphatic carbocycles. The summed E-state index contributed by atoms with van der Waals surface area (Å²) < 4.78 is 1.42. The molecular formula is C16H24OSSi. The second kappa shape index (κ2) is 7.11. The van der Waals surface area contributed by atoms with Gasteiger partial charge in [-0.25, -0.2) is 0 Å². The molecule has 3 heteroatoms. The number of benzene rings is 1. The Morgan fingerprint density at radius 3 is 2.32 bits per heavy atom. The quantitative estimate of drug-likeness (QED) is 0.737. The molecule has 1 rings (SSSR count). The number of hydrogen-bond acceptors (Lipinski definition) is 2. The van der Waals surface area contributed by atoms with Crippen molar-refractivity contribution in [2.24, 2.45) is 5.92 Å². The van der Waals surface area contributed by atoms with Crippen LogP contribution in [-0.2, 0) is 4.79 Å². The lowest BCUT2D eigenvalue weighted by atomic mass is 10.2. The highest BCUT2D eigenvalue weighted by atomic mass is 32.2. The minimum atomic E-state index is -1.67. The molecule has 19 heavy (non-hydrogen) atoms. The molecule has 0 aliphatic rings. The number of thioether (sulfide) groups is 1. The van der Waals surface area contributed by atoms with E-state index in [0.717, 1.165) is 0 Å². The van der Waals surface area contributed by atoms with E-state index in [9.17, 15) is 4.79 Å². The van der Waals surface area contributed by atoms with E-state index in [1.54, 1.807) is 18.7 Å². The van der Waals surface area contributed by atoms with Gasteiger partial charge in [-0.3, -0.25) is 4.79 Å². The van der Waals surface area contributed by atoms with Crippen LogP contribution in [0.2, 0.25) is 13.1 Å². The Balaban J connectivity index is 3.05. The molecule has 1 aromatic carbocycles. The molecule has 0 amide bonds. The van der Waals surface area contributed by atoms with E-state index in [1.807, 2.05) is 0 Å². The van der Waals surface area contributed by atoms with Crippen LogP contribution in [0.3, 0.4) is 0 Å². The van der Waals surface area contributed by atoms with E-state index < -0.39 is 8.07 Å². The van der Waals surface area contributed by atoms with Crippen LogP contribution in [0.15, 0.2) is 40.9 Å². The van der Waals surface area contributed by atoms with Crippen molar-refractivity contribution < 1.29 is 4.79 Å². The predicted octanol–water partition coefficient (Wildman–Crippen LogP) is 4.00. The van der Waals surface area contributed by atoms with Crippen molar-refractivity contribution in [3.8, 4) is 0 Å². The van der Waals surface area contributed by atoms with Crippen LogP contribution in [0.4, 0.5) is 0 Å². The van der Waals surface area contributed by atoms with E-state index in [2.05, 4.69) is 63.3 Å². The Labute approximate surface area is 122 Å². The summed E-state index contributed by atoms with van der Waals surface area (Å²) in [6.07, 6.45) is 2.34. The standard InChI is InChI=1S/C16H24OSSi/c1-13(2)11-16(18-12-14(3)17)19(4,5)15-9-7-6-8-10-15/h6-11,13H,12H2,1-5H3/b16-11+. The number of carbonyl (C=O) groups is 1. The summed E-state index contributed by atoms with van der Waals surface area (Å²) in [7, 11) is -1.67. The number of hydrogen-bond donors (Lipinski definition) is 0. The van der Waals surface area contributed by atoms with Crippen molar-refractivity contribution >= 4 is 30.8 Å². The highest BCUT2D eigenvalue weighted by molar-refractivity contribution is 8.06. The number of rotatable bonds is 6. The highest BCUT2D eigenvalue weighted by Crippen LogP contribution is 2.28. The molecule has 0 radical (unpaired) electrons. The zero-order valence-electron chi connectivity index (χ0n) is 12.6. The second-order valence-electron chi connectivity index (χ2n) is 5.76. The van der Waals surface area contributed by atoms with Crippen LogP contribution >= 0.6 is 11.8 Å². The molecule has 0 bridgehead atoms. The predicted molar refractivity (Wildman–Crippen MR) is 89.6 cm³/mol. The Hall–Kier alpha value is -0.803. The normalized spacial score (nSPS) is 12.8. The fourth-order valence-electron chi connectivity index (χ4n) is 1.92. The summed E-state index contributed by atoms with van der Waals surface area (Å²) in [5, 5.41) is 1.43. The molecule has 0 N–H and O–H groups in total. The summed E-state index contributed by atoms with van der Waals surface area (Å²) >= 11 is 1.73. The first-order valence-electron chi connectivity index (χ1n) is 6.74. The Morgan fingerprint density at radius 1 is 1.26 bits per heavy atom. The first-order valence-corrected chi connectivity index (χ1v) is 10.7. The molecule has 0 fully saturated rings. The summed E-state index contributed by atoms with van der Waals surface area (Å²) in [4.78, 5) is 11.3. The maximum absolute atomic E-state index is 11.3. The lowest BCUT2D eigenvalue weighted by molar-refractivity contribution is -0.114. The van der Waals surface area contributed by atoms with Gasteiger partial charge in [-0.05, 0) is 17.4 Å². The van der Waals surface area contributed by atoms with Crippen LogP contribution in [0.1, 0.15) is 20.8 Å². The first-order chi connectivity index (χ1) is 8.84. The number of Topliss-reactive ketones (excluding diaryl/α,β-unsaturated/α-hetero) is 1. The molecule has 0 saturated carbocycles. The average molecular weight is 293 g/mol. The zero-order valence-corrected chi connectivity index (χ0v) is 14.4. The summed E-state index contributed by atoms with van der Waals surface area (Å²) in [5.41, 5.74) is 0. The van der Waals surface area contributed by atoms with Gasteiger partial charge >= 0.3 is 0 Å². The fourth-order valence-corrected chi connectivity index (χ4v) is 6.72. The van der Waals surface area contributed by atoms with Gasteiger partial charge in [0.2, 0.25) is 0 Å². The topological polar surface area (TPSA) is 17.1 Å². The molecule has 0 heterocycles. The molecular weight excluding hydrogens is 268 g/mol. The van der Waals surface area contributed by atoms with Crippen LogP contribution < -0.4 is 5.19 Å². The lowest BCUT2D eigenvalue weighted by Crippen LogP contribution is -2.43. The second-order valence-corrected chi connectivity index (χ2v) is 11.5. The van der Waals surface area contributed by atoms with Crippen molar-refractivity contribution in [2.75, 3.05) is 5.75 Å². The summed E-state index contributed by atoms with van der Waals surface area (Å²) in [5.74, 6) is 1.35. The van der Waals surface area contributed by atoms with E-state index in [-0.39, 0.29) is 5.78 Å². The van der Waals surface area contributed by atoms with Crippen molar-refractivity contribution in [2.45, 2.75) is 33.9 Å². The molecule has 0 atom stereocenters. The molecule has 1 aromatic rings. The largest absolute Gasteiger partial charge is 0.299 e. The Bertz CT molecular complexity index is 449. The third-order valence-corrected chi connectivity index (χ3v) is 9.16. The molecule has 0 aromatic heterocycles. The van der Waals surface area contributed by atoms with Gasteiger partial charge in [-0.1, -0.05) is 68.5 Å². The minimum Gasteiger partial charge on any atom is -0.299 e. The lowest BCUT2D eigenvalue weighted by Gasteiger charge is -2.27. The fraction of sp³-hybridized carbons (Fsp3) is 0.438. The van der Waals surface area contributed by atoms with Crippen molar-refractivity contribution in [1.29, 1.82) is 0 Å². The van der Waals surface area contributed by atoms with Crippen LogP contribution in [0, 0.1) is 5.92 Å². The van der Waals surface area contributed by atoms with Gasteiger partial charge in [0.15, 0.2) is 0 Å². The molecule has 0 spiro atoms. The first kappa shape index (κ1) is 16.3. The van der Waals surface area contributed by atoms with E-state index >= 15 is 0 Å². The van der Waals surface area contributed by atoms with Crippen molar-refractivity contribution in [3.05, 3.63) is 40.9 Å². The van der Waals surface area contributed by atoms with Gasteiger partial charge < -0.3 is 0 Å². The smallest absolute Gasteiger partial charge is 0.140 e. The Morgan fingerprint density at radius 2 is 1.84 bits per heavy atom. The van der Waals surface area contributed by atoms with Gasteiger partial charge in [-0.2, -0.15) is 0 Å². The Kier molecular flexibility index (Phi) is 6.08. The molecule has 0 aliphatic heterocycles. The van der Waals surface area contributed by atoms with Gasteiger partial charge in [0.1, 0.15) is 13.9 Å². The van der Waals surface area contributed by atoms with Crippen LogP contribution in [-0.4, -0.2) is 19.6 Å². The summed E-state index contributed by atoms with van der Waals surface area (Å²) in [6, 6.07) is 10.7. The van der Waals surface area contributed by atoms with Gasteiger partial charge in [0.25, 0.3) is 0 Å². The van der Waals surface area contributed by atoms with Gasteiger partial charge in [0, 0.05) is 0 Å². The molecule has 104 valence electrons. The third kappa shape index (κ3) is 5.00. The zero-order chi connectivity index (χ0) is 14.5. The maximum atomic E-state index is 11.3. The van der Waals surface area contributed by atoms with Gasteiger partial charge in [-0.15, -0.1) is 11.8 Å². The number of ketones is 1. The van der Waals surface area contributed by atoms with E-state index in [1.165, 1.54) is 9.72 Å². The monoisotopic (exact) mass is 292 g/mol. The molecule has 0 saturated heterocycles. The third-order valence-electron chi connectivity index (χ3n) is 3.03. The SMILES string of the molecule is CC(=O)CS/C(=C\C(C)C)[Si](C)(C)c1ccccc1. The van der Waals surface area contributed by atoms with Crippen LogP contribution in [0.5, 0.6) is 0 Å². The summed E-state index contributed by atoms with van der Waals surface area (Å²) in [6.45, 7) is 10.8. The van der Waals surface area contributed by atoms with Crippen molar-refractivity contribution in [3.63, 3.8) is 0 Å². The number of allylic oxidation sites excluding steroid dienone is 1. The van der Waals surface area contributed by atoms with E-state index in [4.69, 9.17) is 0 Å². The van der Waals surface area contributed by atoms with Crippen LogP contribution in [0.25, 0.3) is 0 Å². The highest BCUT2D eigenvalue weighted by Gasteiger charge is 2.28. The van der Waals surface area contributed by atoms with Crippen molar-refractivity contribution in [1.82, 2.24) is 0 Å². The number of carbonyl (C=O) groups excluding carboxylic acids is 1. The maximum Gasteiger partial charge on any atom is 0.140 e.